The SMILES string of the molecule is CC(C)(C)OC(=O)CS1(N)CNC(C(=O)OCc2ccccc2)C12CCSCC2. The van der Waals surface area contributed by atoms with Gasteiger partial charge in [-0.05, 0) is 50.7 Å². The minimum absolute atomic E-state index is 0.171. The molecule has 162 valence electrons. The maximum atomic E-state index is 13.0. The summed E-state index contributed by atoms with van der Waals surface area (Å²) in [4.78, 5) is 25.6. The molecule has 3 rings (SSSR count). The van der Waals surface area contributed by atoms with Gasteiger partial charge in [0.2, 0.25) is 0 Å². The predicted molar refractivity (Wildman–Crippen MR) is 120 cm³/mol. The summed E-state index contributed by atoms with van der Waals surface area (Å²) < 4.78 is 10.8. The predicted octanol–water partition coefficient (Wildman–Crippen LogP) is 2.94. The van der Waals surface area contributed by atoms with Crippen LogP contribution in [0.1, 0.15) is 39.2 Å². The zero-order chi connectivity index (χ0) is 21.1. The lowest BCUT2D eigenvalue weighted by molar-refractivity contribution is -0.151. The van der Waals surface area contributed by atoms with Gasteiger partial charge in [-0.1, -0.05) is 30.3 Å². The van der Waals surface area contributed by atoms with E-state index < -0.39 is 26.6 Å². The molecule has 2 aliphatic heterocycles. The lowest BCUT2D eigenvalue weighted by atomic mass is 9.92. The molecular formula is C21H32N2O4S2. The van der Waals surface area contributed by atoms with Crippen molar-refractivity contribution in [2.45, 2.75) is 56.6 Å². The Morgan fingerprint density at radius 3 is 2.52 bits per heavy atom. The fraction of sp³-hybridized carbons (Fsp3) is 0.619. The molecule has 3 N–H and O–H groups in total. The van der Waals surface area contributed by atoms with Gasteiger partial charge >= 0.3 is 11.9 Å². The van der Waals surface area contributed by atoms with Crippen molar-refractivity contribution in [3.8, 4) is 0 Å². The molecule has 2 saturated heterocycles. The molecule has 0 aromatic heterocycles. The average molecular weight is 441 g/mol. The van der Waals surface area contributed by atoms with Crippen LogP contribution in [-0.2, 0) is 25.7 Å². The minimum Gasteiger partial charge on any atom is -0.460 e. The molecule has 1 aromatic carbocycles. The van der Waals surface area contributed by atoms with Gasteiger partial charge in [0.1, 0.15) is 18.2 Å². The molecular weight excluding hydrogens is 408 g/mol. The van der Waals surface area contributed by atoms with Crippen molar-refractivity contribution in [3.05, 3.63) is 35.9 Å². The molecule has 0 aliphatic carbocycles. The highest BCUT2D eigenvalue weighted by Crippen LogP contribution is 2.63. The van der Waals surface area contributed by atoms with Crippen LogP contribution >= 0.6 is 22.0 Å². The van der Waals surface area contributed by atoms with Crippen molar-refractivity contribution in [1.82, 2.24) is 5.32 Å². The number of nitrogens with one attached hydrogen (secondary N) is 1. The number of nitrogens with two attached hydrogens (primary N) is 1. The van der Waals surface area contributed by atoms with Crippen LogP contribution in [0, 0.1) is 0 Å². The van der Waals surface area contributed by atoms with Gasteiger partial charge in [-0.2, -0.15) is 22.0 Å². The van der Waals surface area contributed by atoms with Gasteiger partial charge < -0.3 is 9.47 Å². The third-order valence-corrected chi connectivity index (χ3v) is 10.2. The number of benzene rings is 1. The Labute approximate surface area is 179 Å². The number of carbonyl (C=O) groups is 2. The number of carbonyl (C=O) groups excluding carboxylic acids is 2. The van der Waals surface area contributed by atoms with E-state index in [0.717, 1.165) is 29.9 Å². The lowest BCUT2D eigenvalue weighted by Gasteiger charge is -2.50. The Bertz CT molecular complexity index is 732. The van der Waals surface area contributed by atoms with Crippen molar-refractivity contribution < 1.29 is 19.1 Å². The van der Waals surface area contributed by atoms with Crippen LogP contribution in [0.2, 0.25) is 0 Å². The van der Waals surface area contributed by atoms with E-state index in [1.165, 1.54) is 0 Å². The van der Waals surface area contributed by atoms with Crippen LogP contribution < -0.4 is 10.5 Å². The van der Waals surface area contributed by atoms with Crippen LogP contribution in [-0.4, -0.2) is 51.5 Å². The summed E-state index contributed by atoms with van der Waals surface area (Å²) in [6.07, 6.45) is 1.62. The molecule has 6 nitrogen and oxygen atoms in total. The summed E-state index contributed by atoms with van der Waals surface area (Å²) in [5, 5.41) is 10.3. The molecule has 8 heteroatoms. The standard InChI is InChI=1S/C21H32N2O4S2/c1-20(2,3)27-17(24)14-29(22)15-23-18(21(29)9-11-28-12-10-21)19(25)26-13-16-7-5-4-6-8-16/h4-8,18,23H,9-15,22H2,1-3H3. The largest absolute Gasteiger partial charge is 0.460 e. The van der Waals surface area contributed by atoms with Crippen LogP contribution in [0.5, 0.6) is 0 Å². The first kappa shape index (κ1) is 22.5. The molecule has 1 spiro atoms. The number of esters is 2. The molecule has 29 heavy (non-hydrogen) atoms. The summed E-state index contributed by atoms with van der Waals surface area (Å²) in [6, 6.07) is 9.17. The van der Waals surface area contributed by atoms with Crippen LogP contribution in [0.4, 0.5) is 0 Å². The Morgan fingerprint density at radius 2 is 1.90 bits per heavy atom. The summed E-state index contributed by atoms with van der Waals surface area (Å²) >= 11 is 1.87. The zero-order valence-corrected chi connectivity index (χ0v) is 19.1. The van der Waals surface area contributed by atoms with E-state index in [2.05, 4.69) is 5.32 Å². The smallest absolute Gasteiger partial charge is 0.324 e. The van der Waals surface area contributed by atoms with Crippen LogP contribution in [0.15, 0.2) is 30.3 Å². The van der Waals surface area contributed by atoms with Crippen molar-refractivity contribution in [2.24, 2.45) is 5.14 Å². The fourth-order valence-corrected chi connectivity index (χ4v) is 8.86. The number of thioether (sulfide) groups is 1. The highest BCUT2D eigenvalue weighted by Gasteiger charge is 2.59. The second-order valence-electron chi connectivity index (χ2n) is 8.73. The highest BCUT2D eigenvalue weighted by molar-refractivity contribution is 8.33. The molecule has 0 bridgehead atoms. The third kappa shape index (κ3) is 5.10. The van der Waals surface area contributed by atoms with Gasteiger partial charge in [-0.15, -0.1) is 0 Å². The minimum atomic E-state index is -1.92. The highest BCUT2D eigenvalue weighted by atomic mass is 32.3. The molecule has 0 saturated carbocycles. The molecule has 2 fully saturated rings. The number of ether oxygens (including phenoxy) is 2. The summed E-state index contributed by atoms with van der Waals surface area (Å²) in [6.45, 7) is 5.80. The number of hydrogen-bond acceptors (Lipinski definition) is 7. The van der Waals surface area contributed by atoms with Gasteiger partial charge in [0.25, 0.3) is 0 Å². The number of hydrogen-bond donors (Lipinski definition) is 2. The van der Waals surface area contributed by atoms with Crippen LogP contribution in [0.3, 0.4) is 0 Å². The Morgan fingerprint density at radius 1 is 1.24 bits per heavy atom. The first-order valence-electron chi connectivity index (χ1n) is 9.95. The maximum absolute atomic E-state index is 13.0. The van der Waals surface area contributed by atoms with Crippen molar-refractivity contribution >= 4 is 33.9 Å². The quantitative estimate of drug-likeness (QED) is 0.680. The van der Waals surface area contributed by atoms with Crippen molar-refractivity contribution in [1.29, 1.82) is 0 Å². The van der Waals surface area contributed by atoms with E-state index in [1.54, 1.807) is 0 Å². The molecule has 2 unspecified atom stereocenters. The molecule has 1 aromatic rings. The second kappa shape index (κ2) is 8.88. The second-order valence-corrected chi connectivity index (χ2v) is 13.2. The lowest BCUT2D eigenvalue weighted by Crippen LogP contribution is -2.54. The zero-order valence-electron chi connectivity index (χ0n) is 17.4. The summed E-state index contributed by atoms with van der Waals surface area (Å²) in [7, 11) is -1.92. The molecule has 2 aliphatic rings. The van der Waals surface area contributed by atoms with Gasteiger partial charge in [-0.3, -0.25) is 20.0 Å². The Balaban J connectivity index is 1.76. The van der Waals surface area contributed by atoms with E-state index in [-0.39, 0.29) is 24.3 Å². The monoisotopic (exact) mass is 440 g/mol. The van der Waals surface area contributed by atoms with E-state index >= 15 is 0 Å². The van der Waals surface area contributed by atoms with Gasteiger partial charge in [-0.25, -0.2) is 0 Å². The third-order valence-electron chi connectivity index (χ3n) is 5.47. The van der Waals surface area contributed by atoms with Gasteiger partial charge in [0.15, 0.2) is 0 Å². The van der Waals surface area contributed by atoms with E-state index in [0.29, 0.717) is 5.88 Å². The molecule has 2 heterocycles. The van der Waals surface area contributed by atoms with Gasteiger partial charge in [0.05, 0.1) is 5.75 Å². The fourth-order valence-electron chi connectivity index (χ4n) is 4.09. The van der Waals surface area contributed by atoms with E-state index in [4.69, 9.17) is 14.6 Å². The van der Waals surface area contributed by atoms with E-state index in [1.807, 2.05) is 62.9 Å². The first-order chi connectivity index (χ1) is 13.7. The van der Waals surface area contributed by atoms with Crippen LogP contribution in [0.25, 0.3) is 0 Å². The van der Waals surface area contributed by atoms with Crippen molar-refractivity contribution in [2.75, 3.05) is 23.1 Å². The summed E-state index contributed by atoms with van der Waals surface area (Å²) in [5.74, 6) is 1.96. The molecule has 2 atom stereocenters. The Hall–Kier alpha value is -1.22. The maximum Gasteiger partial charge on any atom is 0.324 e. The topological polar surface area (TPSA) is 90.6 Å². The average Bonchev–Trinajstić information content (AvgIpc) is 2.91. The number of rotatable bonds is 5. The Kier molecular flexibility index (Phi) is 6.88. The van der Waals surface area contributed by atoms with E-state index in [9.17, 15) is 9.59 Å². The normalized spacial score (nSPS) is 28.5. The molecule has 0 radical (unpaired) electrons. The van der Waals surface area contributed by atoms with Crippen molar-refractivity contribution in [3.63, 3.8) is 0 Å². The summed E-state index contributed by atoms with van der Waals surface area (Å²) in [5.41, 5.74) is 0.398. The molecule has 0 amide bonds. The first-order valence-corrected chi connectivity index (χ1v) is 13.1. The van der Waals surface area contributed by atoms with Gasteiger partial charge in [0, 0.05) is 10.6 Å².